The van der Waals surface area contributed by atoms with E-state index in [1.807, 2.05) is 73.0 Å². The van der Waals surface area contributed by atoms with Gasteiger partial charge in [-0.3, -0.25) is 9.48 Å². The number of benzene rings is 2. The number of Topliss-reactive ketones (excluding diaryl/α,β-unsaturated/α-hetero) is 1. The second-order valence-electron chi connectivity index (χ2n) is 9.69. The number of carbonyl (C=O) groups is 2. The number of ether oxygens (including phenoxy) is 3. The molecule has 4 aromatic rings. The molecule has 0 N–H and O–H groups in total. The number of aromatic nitrogens is 3. The fraction of sp³-hybridized carbons (Fsp3) is 0.300. The average molecular weight is 548 g/mol. The number of ketones is 1. The zero-order valence-electron chi connectivity index (χ0n) is 22.4. The van der Waals surface area contributed by atoms with Crippen LogP contribution in [0.25, 0.3) is 0 Å². The van der Waals surface area contributed by atoms with Crippen molar-refractivity contribution in [2.45, 2.75) is 46.9 Å². The highest BCUT2D eigenvalue weighted by Crippen LogP contribution is 2.31. The Labute approximate surface area is 232 Å². The predicted octanol–water partition coefficient (Wildman–Crippen LogP) is 5.50. The summed E-state index contributed by atoms with van der Waals surface area (Å²) in [6.45, 7) is 8.37. The van der Waals surface area contributed by atoms with E-state index < -0.39 is 5.97 Å². The topological polar surface area (TPSA) is 84.6 Å². The van der Waals surface area contributed by atoms with Crippen LogP contribution < -0.4 is 9.47 Å². The minimum absolute atomic E-state index is 0.196. The summed E-state index contributed by atoms with van der Waals surface area (Å²) in [6.07, 6.45) is -0.196. The van der Waals surface area contributed by atoms with Crippen LogP contribution in [0.1, 0.15) is 49.1 Å². The van der Waals surface area contributed by atoms with E-state index in [2.05, 4.69) is 5.10 Å². The van der Waals surface area contributed by atoms with Crippen molar-refractivity contribution in [2.24, 2.45) is 0 Å². The van der Waals surface area contributed by atoms with E-state index in [9.17, 15) is 9.59 Å². The molecule has 2 aromatic heterocycles. The number of hydrogen-bond donors (Lipinski definition) is 0. The van der Waals surface area contributed by atoms with Crippen molar-refractivity contribution < 1.29 is 23.8 Å². The Bertz CT molecular complexity index is 1550. The average Bonchev–Trinajstić information content (AvgIpc) is 3.37. The SMILES string of the molecule is Cc1nn(Cc2ccccc2Cl)c(C)c1C(=O)OCC(=O)c1cc(C)n(C[C@@H]2COc3ccccc3O2)c1C. The fourth-order valence-corrected chi connectivity index (χ4v) is 5.13. The van der Waals surface area contributed by atoms with Crippen molar-refractivity contribution >= 4 is 23.4 Å². The number of hydrogen-bond acceptors (Lipinski definition) is 6. The predicted molar refractivity (Wildman–Crippen MR) is 147 cm³/mol. The standard InChI is InChI=1S/C30H30ClN3O5/c1-18-13-24(20(3)33(18)15-23-16-37-27-11-7-8-12-28(27)39-23)26(35)17-38-30(36)29-19(2)32-34(21(29)4)14-22-9-5-6-10-25(22)31/h5-13,23H,14-17H2,1-4H3/t23-/m1/s1. The van der Waals surface area contributed by atoms with Crippen LogP contribution in [0.4, 0.5) is 0 Å². The van der Waals surface area contributed by atoms with Crippen molar-refractivity contribution in [3.8, 4) is 11.5 Å². The number of rotatable bonds is 8. The highest BCUT2D eigenvalue weighted by molar-refractivity contribution is 6.31. The summed E-state index contributed by atoms with van der Waals surface area (Å²) in [4.78, 5) is 26.1. The van der Waals surface area contributed by atoms with Crippen molar-refractivity contribution in [1.82, 2.24) is 14.3 Å². The maximum absolute atomic E-state index is 13.1. The molecule has 0 bridgehead atoms. The Kier molecular flexibility index (Phi) is 7.48. The van der Waals surface area contributed by atoms with Crippen LogP contribution in [0, 0.1) is 27.7 Å². The molecule has 9 heteroatoms. The summed E-state index contributed by atoms with van der Waals surface area (Å²) in [6, 6.07) is 16.9. The molecule has 0 radical (unpaired) electrons. The van der Waals surface area contributed by atoms with E-state index in [1.54, 1.807) is 18.5 Å². The molecule has 8 nitrogen and oxygen atoms in total. The first-order chi connectivity index (χ1) is 18.7. The van der Waals surface area contributed by atoms with Gasteiger partial charge in [-0.25, -0.2) is 4.79 Å². The monoisotopic (exact) mass is 547 g/mol. The molecule has 5 rings (SSSR count). The smallest absolute Gasteiger partial charge is 0.342 e. The highest BCUT2D eigenvalue weighted by Gasteiger charge is 2.25. The van der Waals surface area contributed by atoms with Gasteiger partial charge in [0.15, 0.2) is 24.2 Å². The van der Waals surface area contributed by atoms with Crippen molar-refractivity contribution in [1.29, 1.82) is 0 Å². The van der Waals surface area contributed by atoms with Gasteiger partial charge >= 0.3 is 5.97 Å². The molecule has 3 heterocycles. The molecule has 0 fully saturated rings. The second-order valence-corrected chi connectivity index (χ2v) is 10.1. The lowest BCUT2D eigenvalue weighted by Crippen LogP contribution is -2.33. The zero-order chi connectivity index (χ0) is 27.7. The van der Waals surface area contributed by atoms with E-state index in [0.29, 0.717) is 53.0 Å². The molecule has 1 aliphatic heterocycles. The quantitative estimate of drug-likeness (QED) is 0.214. The number of carbonyl (C=O) groups excluding carboxylic acids is 2. The Morgan fingerprint density at radius 1 is 1.03 bits per heavy atom. The molecule has 1 atom stereocenters. The van der Waals surface area contributed by atoms with Crippen molar-refractivity contribution in [3.05, 3.63) is 99.1 Å². The molecule has 0 amide bonds. The van der Waals surface area contributed by atoms with Gasteiger partial charge in [-0.1, -0.05) is 41.9 Å². The van der Waals surface area contributed by atoms with E-state index in [4.69, 9.17) is 25.8 Å². The largest absolute Gasteiger partial charge is 0.486 e. The van der Waals surface area contributed by atoms with Crippen LogP contribution in [0.5, 0.6) is 11.5 Å². The summed E-state index contributed by atoms with van der Waals surface area (Å²) < 4.78 is 21.1. The van der Waals surface area contributed by atoms with Gasteiger partial charge in [0.25, 0.3) is 0 Å². The lowest BCUT2D eigenvalue weighted by atomic mass is 10.1. The molecule has 0 aliphatic carbocycles. The van der Waals surface area contributed by atoms with Gasteiger partial charge < -0.3 is 18.8 Å². The number of aryl methyl sites for hydroxylation is 2. The summed E-state index contributed by atoms with van der Waals surface area (Å²) in [5.41, 5.74) is 4.65. The van der Waals surface area contributed by atoms with Crippen LogP contribution in [-0.2, 0) is 17.8 Å². The first-order valence-corrected chi connectivity index (χ1v) is 13.1. The van der Waals surface area contributed by atoms with Gasteiger partial charge in [-0.2, -0.15) is 5.10 Å². The van der Waals surface area contributed by atoms with Crippen molar-refractivity contribution in [2.75, 3.05) is 13.2 Å². The molecule has 0 unspecified atom stereocenters. The maximum Gasteiger partial charge on any atom is 0.342 e. The Balaban J connectivity index is 1.24. The Morgan fingerprint density at radius 2 is 1.74 bits per heavy atom. The summed E-state index contributed by atoms with van der Waals surface area (Å²) in [7, 11) is 0. The van der Waals surface area contributed by atoms with Gasteiger partial charge in [-0.05, 0) is 57.5 Å². The molecule has 2 aromatic carbocycles. The first kappa shape index (κ1) is 26.6. The van der Waals surface area contributed by atoms with Gasteiger partial charge in [0.1, 0.15) is 12.2 Å². The number of nitrogens with zero attached hydrogens (tertiary/aromatic N) is 3. The lowest BCUT2D eigenvalue weighted by molar-refractivity contribution is 0.0472. The second kappa shape index (κ2) is 11.0. The molecule has 39 heavy (non-hydrogen) atoms. The third-order valence-electron chi connectivity index (χ3n) is 7.03. The summed E-state index contributed by atoms with van der Waals surface area (Å²) in [5, 5.41) is 5.13. The van der Waals surface area contributed by atoms with Gasteiger partial charge in [0.05, 0.1) is 24.5 Å². The molecule has 0 saturated heterocycles. The Hall–Kier alpha value is -4.04. The highest BCUT2D eigenvalue weighted by atomic mass is 35.5. The van der Waals surface area contributed by atoms with E-state index in [0.717, 1.165) is 22.7 Å². The zero-order valence-corrected chi connectivity index (χ0v) is 23.1. The molecular formula is C30H30ClN3O5. The summed E-state index contributed by atoms with van der Waals surface area (Å²) >= 11 is 6.29. The molecular weight excluding hydrogens is 518 g/mol. The minimum atomic E-state index is -0.580. The third-order valence-corrected chi connectivity index (χ3v) is 7.39. The van der Waals surface area contributed by atoms with Gasteiger partial charge in [0.2, 0.25) is 5.78 Å². The van der Waals surface area contributed by atoms with E-state index in [-0.39, 0.29) is 18.5 Å². The summed E-state index contributed by atoms with van der Waals surface area (Å²) in [5.74, 6) is 0.587. The Morgan fingerprint density at radius 3 is 2.51 bits per heavy atom. The van der Waals surface area contributed by atoms with Gasteiger partial charge in [0, 0.05) is 22.0 Å². The van der Waals surface area contributed by atoms with E-state index in [1.165, 1.54) is 0 Å². The fourth-order valence-electron chi connectivity index (χ4n) is 4.94. The maximum atomic E-state index is 13.1. The number of halogens is 1. The van der Waals surface area contributed by atoms with Crippen LogP contribution in [0.2, 0.25) is 5.02 Å². The first-order valence-electron chi connectivity index (χ1n) is 12.8. The van der Waals surface area contributed by atoms with Crippen LogP contribution in [0.15, 0.2) is 54.6 Å². The molecule has 1 aliphatic rings. The van der Waals surface area contributed by atoms with Crippen LogP contribution >= 0.6 is 11.6 Å². The molecule has 0 spiro atoms. The lowest BCUT2D eigenvalue weighted by Gasteiger charge is -2.27. The minimum Gasteiger partial charge on any atom is -0.486 e. The molecule has 202 valence electrons. The van der Waals surface area contributed by atoms with Crippen LogP contribution in [-0.4, -0.2) is 45.4 Å². The number of fused-ring (bicyclic) bond motifs is 1. The normalized spacial score (nSPS) is 14.3. The van der Waals surface area contributed by atoms with Crippen molar-refractivity contribution in [3.63, 3.8) is 0 Å². The third kappa shape index (κ3) is 5.43. The van der Waals surface area contributed by atoms with E-state index >= 15 is 0 Å². The van der Waals surface area contributed by atoms with Gasteiger partial charge in [-0.15, -0.1) is 0 Å². The van der Waals surface area contributed by atoms with Crippen LogP contribution in [0.3, 0.4) is 0 Å². The molecule has 0 saturated carbocycles. The number of para-hydroxylation sites is 2. The number of esters is 1.